The summed E-state index contributed by atoms with van der Waals surface area (Å²) in [5.41, 5.74) is 2.29. The SMILES string of the molecule is CS(=O)(=O)Nc1ccc(C(=O)C2CCN(CCCc3ccc(Cl)nc3)CC2)cc1. The molecule has 3 rings (SSSR count). The number of piperidine rings is 1. The molecule has 1 fully saturated rings. The molecule has 29 heavy (non-hydrogen) atoms. The Morgan fingerprint density at radius 1 is 1.17 bits per heavy atom. The second-order valence-corrected chi connectivity index (χ2v) is 9.66. The van der Waals surface area contributed by atoms with Crippen LogP contribution >= 0.6 is 11.6 Å². The van der Waals surface area contributed by atoms with Gasteiger partial charge in [0.15, 0.2) is 5.78 Å². The number of carbonyl (C=O) groups is 1. The van der Waals surface area contributed by atoms with E-state index in [1.807, 2.05) is 18.3 Å². The standard InChI is InChI=1S/C21H26ClN3O3S/c1-29(27,28)24-19-7-5-17(6-8-19)21(26)18-10-13-25(14-11-18)12-2-3-16-4-9-20(22)23-15-16/h4-9,15,18,24H,2-3,10-14H2,1H3. The van der Waals surface area contributed by atoms with Crippen LogP contribution in [0.1, 0.15) is 35.2 Å². The number of rotatable bonds is 8. The predicted molar refractivity (Wildman–Crippen MR) is 116 cm³/mol. The number of Topliss-reactive ketones (excluding diaryl/α,β-unsaturated/α-hetero) is 1. The van der Waals surface area contributed by atoms with Crippen LogP contribution in [0.3, 0.4) is 0 Å². The number of aromatic nitrogens is 1. The van der Waals surface area contributed by atoms with Crippen molar-refractivity contribution in [3.63, 3.8) is 0 Å². The number of carbonyl (C=O) groups excluding carboxylic acids is 1. The molecule has 0 radical (unpaired) electrons. The van der Waals surface area contributed by atoms with Crippen LogP contribution in [0.25, 0.3) is 0 Å². The molecule has 0 bridgehead atoms. The highest BCUT2D eigenvalue weighted by molar-refractivity contribution is 7.92. The van der Waals surface area contributed by atoms with Crippen LogP contribution in [-0.4, -0.2) is 50.0 Å². The molecule has 1 aromatic heterocycles. The zero-order valence-corrected chi connectivity index (χ0v) is 18.0. The topological polar surface area (TPSA) is 79.4 Å². The largest absolute Gasteiger partial charge is 0.303 e. The van der Waals surface area contributed by atoms with Crippen molar-refractivity contribution in [2.24, 2.45) is 5.92 Å². The quantitative estimate of drug-likeness (QED) is 0.506. The van der Waals surface area contributed by atoms with Crippen molar-refractivity contribution in [2.45, 2.75) is 25.7 Å². The Morgan fingerprint density at radius 3 is 2.45 bits per heavy atom. The Hall–Kier alpha value is -1.96. The molecule has 0 aliphatic carbocycles. The van der Waals surface area contributed by atoms with Crippen molar-refractivity contribution in [1.82, 2.24) is 9.88 Å². The molecule has 156 valence electrons. The molecule has 0 amide bonds. The molecule has 0 unspecified atom stereocenters. The Balaban J connectivity index is 1.43. The molecular formula is C21H26ClN3O3S. The summed E-state index contributed by atoms with van der Waals surface area (Å²) in [6.45, 7) is 2.85. The first-order valence-electron chi connectivity index (χ1n) is 9.75. The minimum absolute atomic E-state index is 0.0282. The highest BCUT2D eigenvalue weighted by atomic mass is 35.5. The molecule has 6 nitrogen and oxygen atoms in total. The summed E-state index contributed by atoms with van der Waals surface area (Å²) in [5, 5.41) is 0.516. The fourth-order valence-corrected chi connectivity index (χ4v) is 4.31. The van der Waals surface area contributed by atoms with Crippen LogP contribution in [0.2, 0.25) is 5.15 Å². The lowest BCUT2D eigenvalue weighted by Crippen LogP contribution is -2.37. The van der Waals surface area contributed by atoms with Crippen molar-refractivity contribution in [1.29, 1.82) is 0 Å². The van der Waals surface area contributed by atoms with Gasteiger partial charge in [-0.2, -0.15) is 0 Å². The lowest BCUT2D eigenvalue weighted by Gasteiger charge is -2.31. The lowest BCUT2D eigenvalue weighted by atomic mass is 9.88. The first-order chi connectivity index (χ1) is 13.8. The summed E-state index contributed by atoms with van der Waals surface area (Å²) in [5.74, 6) is 0.170. The molecule has 2 heterocycles. The number of nitrogens with one attached hydrogen (secondary N) is 1. The summed E-state index contributed by atoms with van der Waals surface area (Å²) < 4.78 is 25.0. The van der Waals surface area contributed by atoms with Gasteiger partial charge in [0.25, 0.3) is 0 Å². The Morgan fingerprint density at radius 2 is 1.86 bits per heavy atom. The van der Waals surface area contributed by atoms with Gasteiger partial charge >= 0.3 is 0 Å². The van der Waals surface area contributed by atoms with Crippen molar-refractivity contribution >= 4 is 33.1 Å². The number of halogens is 1. The molecular weight excluding hydrogens is 410 g/mol. The second kappa shape index (κ2) is 9.69. The van der Waals surface area contributed by atoms with Crippen LogP contribution in [0.5, 0.6) is 0 Å². The molecule has 1 saturated heterocycles. The number of sulfonamides is 1. The maximum atomic E-state index is 12.8. The number of benzene rings is 1. The fourth-order valence-electron chi connectivity index (χ4n) is 3.63. The number of pyridine rings is 1. The number of likely N-dealkylation sites (tertiary alicyclic amines) is 1. The molecule has 1 N–H and O–H groups in total. The van der Waals surface area contributed by atoms with Gasteiger partial charge in [0.1, 0.15) is 5.15 Å². The summed E-state index contributed by atoms with van der Waals surface area (Å²) in [4.78, 5) is 19.3. The predicted octanol–water partition coefficient (Wildman–Crippen LogP) is 3.63. The third kappa shape index (κ3) is 6.80. The van der Waals surface area contributed by atoms with E-state index in [0.717, 1.165) is 51.6 Å². The second-order valence-electron chi connectivity index (χ2n) is 7.52. The highest BCUT2D eigenvalue weighted by Crippen LogP contribution is 2.23. The van der Waals surface area contributed by atoms with Gasteiger partial charge < -0.3 is 4.90 Å². The molecule has 0 atom stereocenters. The van der Waals surface area contributed by atoms with Crippen LogP contribution < -0.4 is 4.72 Å². The number of anilines is 1. The van der Waals surface area contributed by atoms with Crippen molar-refractivity contribution in [2.75, 3.05) is 30.6 Å². The van der Waals surface area contributed by atoms with E-state index in [-0.39, 0.29) is 11.7 Å². The Kier molecular flexibility index (Phi) is 7.27. The average molecular weight is 436 g/mol. The molecule has 8 heteroatoms. The maximum Gasteiger partial charge on any atom is 0.229 e. The number of aryl methyl sites for hydroxylation is 1. The minimum Gasteiger partial charge on any atom is -0.303 e. The van der Waals surface area contributed by atoms with E-state index >= 15 is 0 Å². The number of hydrogen-bond acceptors (Lipinski definition) is 5. The van der Waals surface area contributed by atoms with Gasteiger partial charge in [0, 0.05) is 23.4 Å². The summed E-state index contributed by atoms with van der Waals surface area (Å²) in [6.07, 6.45) is 6.65. The minimum atomic E-state index is -3.31. The van der Waals surface area contributed by atoms with E-state index in [9.17, 15) is 13.2 Å². The Bertz CT molecular complexity index is 923. The van der Waals surface area contributed by atoms with E-state index in [0.29, 0.717) is 16.4 Å². The fraction of sp³-hybridized carbons (Fsp3) is 0.429. The molecule has 1 aliphatic rings. The van der Waals surface area contributed by atoms with Crippen molar-refractivity contribution in [3.8, 4) is 0 Å². The van der Waals surface area contributed by atoms with E-state index in [2.05, 4.69) is 14.6 Å². The van der Waals surface area contributed by atoms with Crippen molar-refractivity contribution < 1.29 is 13.2 Å². The van der Waals surface area contributed by atoms with Gasteiger partial charge in [0.2, 0.25) is 10.0 Å². The highest BCUT2D eigenvalue weighted by Gasteiger charge is 2.25. The third-order valence-electron chi connectivity index (χ3n) is 5.16. The number of nitrogens with zero attached hydrogens (tertiary/aromatic N) is 2. The van der Waals surface area contributed by atoms with Crippen LogP contribution in [0.4, 0.5) is 5.69 Å². The van der Waals surface area contributed by atoms with Crippen LogP contribution in [0.15, 0.2) is 42.6 Å². The monoisotopic (exact) mass is 435 g/mol. The average Bonchev–Trinajstić information content (AvgIpc) is 2.69. The van der Waals surface area contributed by atoms with Gasteiger partial charge in [-0.3, -0.25) is 9.52 Å². The van der Waals surface area contributed by atoms with Gasteiger partial charge in [-0.1, -0.05) is 17.7 Å². The van der Waals surface area contributed by atoms with Gasteiger partial charge in [-0.25, -0.2) is 13.4 Å². The van der Waals surface area contributed by atoms with E-state index < -0.39 is 10.0 Å². The van der Waals surface area contributed by atoms with Crippen molar-refractivity contribution in [3.05, 3.63) is 58.9 Å². The molecule has 2 aromatic rings. The van der Waals surface area contributed by atoms with E-state index in [4.69, 9.17) is 11.6 Å². The third-order valence-corrected chi connectivity index (χ3v) is 5.99. The Labute approximate surface area is 177 Å². The van der Waals surface area contributed by atoms with Gasteiger partial charge in [-0.05, 0) is 81.2 Å². The molecule has 0 saturated carbocycles. The first-order valence-corrected chi connectivity index (χ1v) is 12.0. The maximum absolute atomic E-state index is 12.8. The molecule has 0 spiro atoms. The molecule has 1 aromatic carbocycles. The zero-order valence-electron chi connectivity index (χ0n) is 16.5. The smallest absolute Gasteiger partial charge is 0.229 e. The van der Waals surface area contributed by atoms with E-state index in [1.165, 1.54) is 5.56 Å². The normalized spacial score (nSPS) is 15.9. The van der Waals surface area contributed by atoms with Crippen LogP contribution in [-0.2, 0) is 16.4 Å². The van der Waals surface area contributed by atoms with Gasteiger partial charge in [0.05, 0.1) is 6.26 Å². The first kappa shape index (κ1) is 21.7. The van der Waals surface area contributed by atoms with Gasteiger partial charge in [-0.15, -0.1) is 0 Å². The summed E-state index contributed by atoms with van der Waals surface area (Å²) in [6, 6.07) is 10.5. The summed E-state index contributed by atoms with van der Waals surface area (Å²) in [7, 11) is -3.31. The zero-order chi connectivity index (χ0) is 20.9. The van der Waals surface area contributed by atoms with E-state index in [1.54, 1.807) is 24.3 Å². The lowest BCUT2D eigenvalue weighted by molar-refractivity contribution is 0.0839. The summed E-state index contributed by atoms with van der Waals surface area (Å²) >= 11 is 5.81. The van der Waals surface area contributed by atoms with Crippen LogP contribution in [0, 0.1) is 5.92 Å². The number of ketones is 1. The molecule has 1 aliphatic heterocycles. The number of hydrogen-bond donors (Lipinski definition) is 1.